The molecule has 0 bridgehead atoms. The quantitative estimate of drug-likeness (QED) is 0.896. The Kier molecular flexibility index (Phi) is 2.95. The molecule has 2 fully saturated rings. The molecule has 0 radical (unpaired) electrons. The molecule has 2 amide bonds. The van der Waals surface area contributed by atoms with E-state index in [0.29, 0.717) is 19.1 Å². The molecule has 1 N–H and O–H groups in total. The van der Waals surface area contributed by atoms with Crippen molar-refractivity contribution in [2.75, 3.05) is 36.0 Å². The number of nitrogens with zero attached hydrogens (tertiary/aromatic N) is 6. The predicted molar refractivity (Wildman–Crippen MR) is 81.0 cm³/mol. The summed E-state index contributed by atoms with van der Waals surface area (Å²) in [6.45, 7) is 5.01. The Labute approximate surface area is 127 Å². The van der Waals surface area contributed by atoms with Gasteiger partial charge in [0.2, 0.25) is 0 Å². The van der Waals surface area contributed by atoms with Gasteiger partial charge in [-0.15, -0.1) is 5.10 Å². The van der Waals surface area contributed by atoms with Crippen LogP contribution < -0.4 is 15.1 Å². The van der Waals surface area contributed by atoms with Crippen molar-refractivity contribution < 1.29 is 4.79 Å². The summed E-state index contributed by atoms with van der Waals surface area (Å²) in [7, 11) is 0. The van der Waals surface area contributed by atoms with Gasteiger partial charge >= 0.3 is 6.03 Å². The Morgan fingerprint density at radius 2 is 2.14 bits per heavy atom. The van der Waals surface area contributed by atoms with Gasteiger partial charge in [-0.3, -0.25) is 9.58 Å². The molecule has 22 heavy (non-hydrogen) atoms. The Balaban J connectivity index is 1.42. The number of carbonyl (C=O) groups is 1. The van der Waals surface area contributed by atoms with E-state index in [4.69, 9.17) is 0 Å². The minimum Gasteiger partial charge on any atom is -0.351 e. The summed E-state index contributed by atoms with van der Waals surface area (Å²) < 4.78 is 1.93. The van der Waals surface area contributed by atoms with Crippen LogP contribution in [0.25, 0.3) is 0 Å². The number of carbonyl (C=O) groups excluding carboxylic acids is 1. The van der Waals surface area contributed by atoms with E-state index in [0.717, 1.165) is 30.3 Å². The molecule has 8 nitrogen and oxygen atoms in total. The number of amides is 2. The Hall–Kier alpha value is -2.64. The second kappa shape index (κ2) is 4.97. The van der Waals surface area contributed by atoms with E-state index in [2.05, 4.69) is 25.5 Å². The molecule has 8 heteroatoms. The first-order valence-electron chi connectivity index (χ1n) is 7.35. The standard InChI is InChI=1S/C14H17N7O/c1-10-2-3-13(18-17-10)19-7-12(8-19)21-9-11(6-16-21)20-5-4-15-14(20)22/h2-3,6,9,12H,4-5,7-8H2,1H3,(H,15,22). The van der Waals surface area contributed by atoms with Crippen LogP contribution in [0.15, 0.2) is 24.5 Å². The average Bonchev–Trinajstić information content (AvgIpc) is 3.08. The summed E-state index contributed by atoms with van der Waals surface area (Å²) in [5, 5.41) is 15.5. The summed E-state index contributed by atoms with van der Waals surface area (Å²) >= 11 is 0. The lowest BCUT2D eigenvalue weighted by molar-refractivity contribution is 0.252. The topological polar surface area (TPSA) is 79.2 Å². The average molecular weight is 299 g/mol. The highest BCUT2D eigenvalue weighted by atomic mass is 16.2. The molecule has 0 atom stereocenters. The molecule has 0 saturated carbocycles. The molecular weight excluding hydrogens is 282 g/mol. The fourth-order valence-corrected chi connectivity index (χ4v) is 2.76. The second-order valence-corrected chi connectivity index (χ2v) is 5.65. The molecule has 2 aliphatic rings. The maximum atomic E-state index is 11.7. The predicted octanol–water partition coefficient (Wildman–Crippen LogP) is 0.572. The van der Waals surface area contributed by atoms with E-state index < -0.39 is 0 Å². The van der Waals surface area contributed by atoms with Crippen molar-refractivity contribution >= 4 is 17.5 Å². The molecular formula is C14H17N7O. The van der Waals surface area contributed by atoms with Crippen LogP contribution in [-0.4, -0.2) is 52.2 Å². The highest BCUT2D eigenvalue weighted by molar-refractivity contribution is 5.93. The third-order valence-corrected chi connectivity index (χ3v) is 4.10. The zero-order valence-corrected chi connectivity index (χ0v) is 12.3. The first-order valence-corrected chi connectivity index (χ1v) is 7.35. The molecule has 114 valence electrons. The van der Waals surface area contributed by atoms with Gasteiger partial charge < -0.3 is 10.2 Å². The summed E-state index contributed by atoms with van der Waals surface area (Å²) in [4.78, 5) is 15.5. The first-order chi connectivity index (χ1) is 10.7. The van der Waals surface area contributed by atoms with Crippen LogP contribution in [0.1, 0.15) is 11.7 Å². The Morgan fingerprint density at radius 1 is 1.27 bits per heavy atom. The number of aryl methyl sites for hydroxylation is 1. The highest BCUT2D eigenvalue weighted by Crippen LogP contribution is 2.27. The van der Waals surface area contributed by atoms with Gasteiger partial charge in [0.05, 0.1) is 23.6 Å². The number of hydrogen-bond donors (Lipinski definition) is 1. The maximum absolute atomic E-state index is 11.7. The molecule has 2 aromatic rings. The van der Waals surface area contributed by atoms with Crippen LogP contribution in [0.4, 0.5) is 16.3 Å². The molecule has 0 aromatic carbocycles. The zero-order chi connectivity index (χ0) is 15.1. The molecule has 0 unspecified atom stereocenters. The monoisotopic (exact) mass is 299 g/mol. The number of urea groups is 1. The van der Waals surface area contributed by atoms with E-state index in [-0.39, 0.29) is 6.03 Å². The van der Waals surface area contributed by atoms with Gasteiger partial charge in [-0.1, -0.05) is 0 Å². The summed E-state index contributed by atoms with van der Waals surface area (Å²) in [6.07, 6.45) is 3.69. The molecule has 4 heterocycles. The SMILES string of the molecule is Cc1ccc(N2CC(n3cc(N4CCNC4=O)cn3)C2)nn1. The van der Waals surface area contributed by atoms with Crippen molar-refractivity contribution in [2.45, 2.75) is 13.0 Å². The van der Waals surface area contributed by atoms with E-state index >= 15 is 0 Å². The largest absolute Gasteiger partial charge is 0.351 e. The van der Waals surface area contributed by atoms with Gasteiger partial charge in [0.1, 0.15) is 0 Å². The third kappa shape index (κ3) is 2.16. The van der Waals surface area contributed by atoms with Gasteiger partial charge in [0, 0.05) is 32.4 Å². The lowest BCUT2D eigenvalue weighted by Gasteiger charge is -2.39. The summed E-state index contributed by atoms with van der Waals surface area (Å²) in [5.41, 5.74) is 1.77. The maximum Gasteiger partial charge on any atom is 0.322 e. The van der Waals surface area contributed by atoms with Crippen LogP contribution in [-0.2, 0) is 0 Å². The number of aromatic nitrogens is 4. The number of hydrogen-bond acceptors (Lipinski definition) is 5. The fourth-order valence-electron chi connectivity index (χ4n) is 2.76. The van der Waals surface area contributed by atoms with Gasteiger partial charge in [-0.05, 0) is 19.1 Å². The lowest BCUT2D eigenvalue weighted by atomic mass is 10.1. The lowest BCUT2D eigenvalue weighted by Crippen LogP contribution is -2.48. The van der Waals surface area contributed by atoms with Crippen LogP contribution in [0, 0.1) is 6.92 Å². The minimum atomic E-state index is -0.0512. The fraction of sp³-hybridized carbons (Fsp3) is 0.429. The van der Waals surface area contributed by atoms with Gasteiger partial charge in [-0.25, -0.2) is 4.79 Å². The number of rotatable bonds is 3. The summed E-state index contributed by atoms with van der Waals surface area (Å²) in [5.74, 6) is 0.896. The van der Waals surface area contributed by atoms with Crippen molar-refractivity contribution in [3.8, 4) is 0 Å². The zero-order valence-electron chi connectivity index (χ0n) is 12.3. The van der Waals surface area contributed by atoms with Gasteiger partial charge in [-0.2, -0.15) is 10.2 Å². The first kappa shape index (κ1) is 13.1. The van der Waals surface area contributed by atoms with Crippen LogP contribution in [0.5, 0.6) is 0 Å². The van der Waals surface area contributed by atoms with E-state index in [1.807, 2.05) is 29.9 Å². The van der Waals surface area contributed by atoms with Gasteiger partial charge in [0.15, 0.2) is 5.82 Å². The van der Waals surface area contributed by atoms with Crippen LogP contribution in [0.2, 0.25) is 0 Å². The van der Waals surface area contributed by atoms with Crippen LogP contribution >= 0.6 is 0 Å². The van der Waals surface area contributed by atoms with Crippen LogP contribution in [0.3, 0.4) is 0 Å². The molecule has 0 spiro atoms. The second-order valence-electron chi connectivity index (χ2n) is 5.65. The summed E-state index contributed by atoms with van der Waals surface area (Å²) in [6, 6.07) is 4.21. The van der Waals surface area contributed by atoms with Crippen molar-refractivity contribution in [3.05, 3.63) is 30.2 Å². The molecule has 4 rings (SSSR count). The van der Waals surface area contributed by atoms with Crippen molar-refractivity contribution in [3.63, 3.8) is 0 Å². The van der Waals surface area contributed by atoms with E-state index in [9.17, 15) is 4.79 Å². The van der Waals surface area contributed by atoms with Crippen molar-refractivity contribution in [1.29, 1.82) is 0 Å². The molecule has 2 aliphatic heterocycles. The van der Waals surface area contributed by atoms with Crippen molar-refractivity contribution in [2.24, 2.45) is 0 Å². The minimum absolute atomic E-state index is 0.0512. The number of anilines is 2. The Bertz CT molecular complexity index is 689. The molecule has 2 saturated heterocycles. The van der Waals surface area contributed by atoms with E-state index in [1.54, 1.807) is 11.1 Å². The number of nitrogens with one attached hydrogen (secondary N) is 1. The van der Waals surface area contributed by atoms with Gasteiger partial charge in [0.25, 0.3) is 0 Å². The highest BCUT2D eigenvalue weighted by Gasteiger charge is 2.31. The third-order valence-electron chi connectivity index (χ3n) is 4.10. The molecule has 0 aliphatic carbocycles. The van der Waals surface area contributed by atoms with Crippen molar-refractivity contribution in [1.82, 2.24) is 25.3 Å². The smallest absolute Gasteiger partial charge is 0.322 e. The Morgan fingerprint density at radius 3 is 2.82 bits per heavy atom. The van der Waals surface area contributed by atoms with E-state index in [1.165, 1.54) is 0 Å². The molecule has 2 aromatic heterocycles. The normalized spacial score (nSPS) is 18.5.